The van der Waals surface area contributed by atoms with Crippen LogP contribution in [0.15, 0.2) is 72.8 Å². The van der Waals surface area contributed by atoms with Crippen molar-refractivity contribution < 1.29 is 4.79 Å². The summed E-state index contributed by atoms with van der Waals surface area (Å²) in [6.07, 6.45) is 0. The topological polar surface area (TPSA) is 17.1 Å². The molecule has 0 unspecified atom stereocenters. The van der Waals surface area contributed by atoms with Gasteiger partial charge in [-0.25, -0.2) is 0 Å². The van der Waals surface area contributed by atoms with Gasteiger partial charge in [0.25, 0.3) is 0 Å². The second kappa shape index (κ2) is 8.35. The van der Waals surface area contributed by atoms with Gasteiger partial charge in [-0.3, -0.25) is 4.79 Å². The number of Topliss-reactive ketones (excluding diaryl/α,β-unsaturated/α-hetero) is 1. The molecule has 27 heavy (non-hydrogen) atoms. The minimum Gasteiger partial charge on any atom is -0.293 e. The van der Waals surface area contributed by atoms with E-state index in [9.17, 15) is 4.79 Å². The summed E-state index contributed by atoms with van der Waals surface area (Å²) in [4.78, 5) is 13.7. The molecule has 0 fully saturated rings. The smallest absolute Gasteiger partial charge is 0.174 e. The number of hydrogen-bond donors (Lipinski definition) is 0. The zero-order chi connectivity index (χ0) is 19.4. The molecule has 1 heteroatoms. The minimum atomic E-state index is -0.296. The Bertz CT molecular complexity index is 826. The number of benzene rings is 3. The third-order valence-corrected chi connectivity index (χ3v) is 4.97. The maximum absolute atomic E-state index is 13.7. The van der Waals surface area contributed by atoms with Gasteiger partial charge in [0, 0.05) is 5.56 Å². The van der Waals surface area contributed by atoms with Crippen LogP contribution < -0.4 is 0 Å². The minimum absolute atomic E-state index is 0.144. The summed E-state index contributed by atoms with van der Waals surface area (Å²) < 4.78 is 0. The summed E-state index contributed by atoms with van der Waals surface area (Å²) in [7, 11) is 0. The molecule has 1 nitrogen and oxygen atoms in total. The van der Waals surface area contributed by atoms with Crippen molar-refractivity contribution in [3.05, 3.63) is 107 Å². The highest BCUT2D eigenvalue weighted by atomic mass is 16.1. The summed E-state index contributed by atoms with van der Waals surface area (Å²) in [6, 6.07) is 27.7. The molecule has 0 N–H and O–H groups in total. The average molecular weight is 356 g/mol. The molecule has 0 amide bonds. The maximum Gasteiger partial charge on any atom is 0.174 e. The monoisotopic (exact) mass is 355 g/mol. The van der Waals surface area contributed by atoms with Crippen LogP contribution in [0.2, 0.25) is 0 Å². The molecule has 1 radical (unpaired) electrons. The molecule has 0 saturated heterocycles. The Morgan fingerprint density at radius 1 is 0.704 bits per heavy atom. The molecule has 0 aliphatic rings. The molecular weight excluding hydrogens is 328 g/mol. The van der Waals surface area contributed by atoms with Gasteiger partial charge in [-0.1, -0.05) is 88.4 Å². The van der Waals surface area contributed by atoms with E-state index in [1.165, 1.54) is 0 Å². The van der Waals surface area contributed by atoms with E-state index in [2.05, 4.69) is 33.8 Å². The lowest BCUT2D eigenvalue weighted by molar-refractivity contribution is 0.0973. The highest BCUT2D eigenvalue weighted by molar-refractivity contribution is 6.03. The van der Waals surface area contributed by atoms with Crippen molar-refractivity contribution in [2.75, 3.05) is 0 Å². The summed E-state index contributed by atoms with van der Waals surface area (Å²) in [5.41, 5.74) is 5.03. The van der Waals surface area contributed by atoms with Crippen molar-refractivity contribution >= 4 is 5.78 Å². The van der Waals surface area contributed by atoms with Gasteiger partial charge in [-0.2, -0.15) is 0 Å². The molecule has 0 aliphatic carbocycles. The van der Waals surface area contributed by atoms with E-state index in [0.717, 1.165) is 27.8 Å². The number of carbonyl (C=O) groups excluding carboxylic acids is 1. The Kier molecular flexibility index (Phi) is 5.91. The third-order valence-electron chi connectivity index (χ3n) is 4.97. The summed E-state index contributed by atoms with van der Waals surface area (Å²) >= 11 is 0. The Morgan fingerprint density at radius 2 is 1.11 bits per heavy atom. The fraction of sp³-hybridized carbons (Fsp3) is 0.269. The van der Waals surface area contributed by atoms with Gasteiger partial charge in [-0.05, 0) is 52.3 Å². The lowest BCUT2D eigenvalue weighted by atomic mass is 9.83. The SMILES string of the molecule is CC(C)c1[c]c(C(C)C)cc(C(=O)C(c2ccccc2)c2ccccc2)c1. The van der Waals surface area contributed by atoms with E-state index in [0.29, 0.717) is 11.8 Å². The van der Waals surface area contributed by atoms with Crippen LogP contribution in [-0.4, -0.2) is 5.78 Å². The standard InChI is InChI=1S/C26H27O/c1-18(2)22-15-23(19(3)4)17-24(16-22)26(27)25(20-11-7-5-8-12-20)21-13-9-6-10-14-21/h5-14,16-19,25H,1-4H3. The Hall–Kier alpha value is -2.67. The van der Waals surface area contributed by atoms with E-state index < -0.39 is 0 Å². The molecule has 3 aromatic rings. The van der Waals surface area contributed by atoms with Crippen LogP contribution in [0.3, 0.4) is 0 Å². The predicted molar refractivity (Wildman–Crippen MR) is 113 cm³/mol. The van der Waals surface area contributed by atoms with E-state index >= 15 is 0 Å². The fourth-order valence-electron chi connectivity index (χ4n) is 3.33. The van der Waals surface area contributed by atoms with Crippen LogP contribution in [-0.2, 0) is 0 Å². The molecule has 0 heterocycles. The second-order valence-electron chi connectivity index (χ2n) is 7.71. The first-order valence-electron chi connectivity index (χ1n) is 9.68. The van der Waals surface area contributed by atoms with Gasteiger partial charge in [0.05, 0.1) is 5.92 Å². The first-order chi connectivity index (χ1) is 13.0. The Balaban J connectivity index is 2.12. The van der Waals surface area contributed by atoms with Crippen LogP contribution in [0.4, 0.5) is 0 Å². The molecule has 3 rings (SSSR count). The van der Waals surface area contributed by atoms with Crippen molar-refractivity contribution in [3.8, 4) is 0 Å². The number of rotatable bonds is 6. The van der Waals surface area contributed by atoms with Gasteiger partial charge in [0.2, 0.25) is 0 Å². The summed E-state index contributed by atoms with van der Waals surface area (Å²) in [5.74, 6) is 0.518. The normalized spacial score (nSPS) is 11.4. The first kappa shape index (κ1) is 19.1. The number of carbonyl (C=O) groups is 1. The van der Waals surface area contributed by atoms with E-state index in [1.807, 2.05) is 72.8 Å². The molecule has 137 valence electrons. The highest BCUT2D eigenvalue weighted by Crippen LogP contribution is 2.31. The summed E-state index contributed by atoms with van der Waals surface area (Å²) in [5, 5.41) is 0. The van der Waals surface area contributed by atoms with Crippen LogP contribution >= 0.6 is 0 Å². The van der Waals surface area contributed by atoms with Crippen LogP contribution in [0.25, 0.3) is 0 Å². The molecular formula is C26H27O. The molecule has 0 aliphatic heterocycles. The van der Waals surface area contributed by atoms with Crippen molar-refractivity contribution in [2.45, 2.75) is 45.4 Å². The second-order valence-corrected chi connectivity index (χ2v) is 7.71. The predicted octanol–water partition coefficient (Wildman–Crippen LogP) is 6.75. The van der Waals surface area contributed by atoms with Crippen LogP contribution in [0.5, 0.6) is 0 Å². The quantitative estimate of drug-likeness (QED) is 0.447. The van der Waals surface area contributed by atoms with Gasteiger partial charge >= 0.3 is 0 Å². The van der Waals surface area contributed by atoms with Crippen molar-refractivity contribution in [1.29, 1.82) is 0 Å². The van der Waals surface area contributed by atoms with Crippen molar-refractivity contribution in [3.63, 3.8) is 0 Å². The molecule has 0 aromatic heterocycles. The van der Waals surface area contributed by atoms with Gasteiger partial charge in [0.15, 0.2) is 5.78 Å². The number of ketones is 1. The van der Waals surface area contributed by atoms with E-state index in [-0.39, 0.29) is 11.7 Å². The van der Waals surface area contributed by atoms with Crippen molar-refractivity contribution in [2.24, 2.45) is 0 Å². The highest BCUT2D eigenvalue weighted by Gasteiger charge is 2.25. The molecule has 0 spiro atoms. The Labute approximate surface area is 163 Å². The largest absolute Gasteiger partial charge is 0.293 e. The third kappa shape index (κ3) is 4.36. The van der Waals surface area contributed by atoms with Gasteiger partial charge < -0.3 is 0 Å². The van der Waals surface area contributed by atoms with Crippen LogP contribution in [0, 0.1) is 6.07 Å². The summed E-state index contributed by atoms with van der Waals surface area (Å²) in [6.45, 7) is 8.60. The molecule has 0 bridgehead atoms. The lowest BCUT2D eigenvalue weighted by Gasteiger charge is -2.19. The van der Waals surface area contributed by atoms with E-state index in [4.69, 9.17) is 0 Å². The zero-order valence-electron chi connectivity index (χ0n) is 16.6. The van der Waals surface area contributed by atoms with Crippen molar-refractivity contribution in [1.82, 2.24) is 0 Å². The van der Waals surface area contributed by atoms with E-state index in [1.54, 1.807) is 0 Å². The fourth-order valence-corrected chi connectivity index (χ4v) is 3.33. The van der Waals surface area contributed by atoms with Gasteiger partial charge in [0.1, 0.15) is 0 Å². The van der Waals surface area contributed by atoms with Crippen LogP contribution in [0.1, 0.15) is 78.1 Å². The molecule has 0 saturated carbocycles. The zero-order valence-corrected chi connectivity index (χ0v) is 16.6. The Morgan fingerprint density at radius 3 is 1.48 bits per heavy atom. The lowest BCUT2D eigenvalue weighted by Crippen LogP contribution is -2.15. The number of hydrogen-bond acceptors (Lipinski definition) is 1. The maximum atomic E-state index is 13.7. The first-order valence-corrected chi connectivity index (χ1v) is 9.68. The molecule has 0 atom stereocenters. The average Bonchev–Trinajstić information content (AvgIpc) is 2.69. The van der Waals surface area contributed by atoms with Gasteiger partial charge in [-0.15, -0.1) is 0 Å². The molecule has 3 aromatic carbocycles.